The fourth-order valence-electron chi connectivity index (χ4n) is 3.22. The average Bonchev–Trinajstić information content (AvgIpc) is 2.61. The van der Waals surface area contributed by atoms with Crippen LogP contribution in [0, 0.1) is 17.2 Å². The van der Waals surface area contributed by atoms with E-state index < -0.39 is 11.7 Å². The number of alkyl halides is 3. The quantitative estimate of drug-likeness (QED) is 0.669. The number of nitrogens with zero attached hydrogens (tertiary/aromatic N) is 2. The first-order valence-corrected chi connectivity index (χ1v) is 8.09. The van der Waals surface area contributed by atoms with Gasteiger partial charge >= 0.3 is 6.18 Å². The van der Waals surface area contributed by atoms with Crippen LogP contribution < -0.4 is 10.2 Å². The Kier molecular flexibility index (Phi) is 4.95. The van der Waals surface area contributed by atoms with Gasteiger partial charge in [-0.25, -0.2) is 0 Å². The van der Waals surface area contributed by atoms with E-state index in [2.05, 4.69) is 16.3 Å². The highest BCUT2D eigenvalue weighted by Crippen LogP contribution is 2.37. The molecular formula is C19H18F3N3. The summed E-state index contributed by atoms with van der Waals surface area (Å²) in [7, 11) is 0. The summed E-state index contributed by atoms with van der Waals surface area (Å²) in [6.45, 7) is 1.68. The smallest absolute Gasteiger partial charge is 0.341 e. The van der Waals surface area contributed by atoms with Crippen LogP contribution in [0.2, 0.25) is 0 Å². The molecule has 6 heteroatoms. The molecule has 1 aliphatic rings. The van der Waals surface area contributed by atoms with Gasteiger partial charge in [-0.05, 0) is 48.2 Å². The minimum Gasteiger partial charge on any atom is -0.341 e. The Morgan fingerprint density at radius 3 is 2.52 bits per heavy atom. The van der Waals surface area contributed by atoms with Gasteiger partial charge in [0.15, 0.2) is 0 Å². The van der Waals surface area contributed by atoms with Gasteiger partial charge < -0.3 is 10.2 Å². The molecule has 2 aromatic rings. The van der Waals surface area contributed by atoms with Gasteiger partial charge in [0, 0.05) is 24.5 Å². The van der Waals surface area contributed by atoms with Gasteiger partial charge in [0.05, 0.1) is 18.2 Å². The van der Waals surface area contributed by atoms with E-state index in [9.17, 15) is 13.2 Å². The number of para-hydroxylation sites is 1. The molecule has 0 radical (unpaired) electrons. The lowest BCUT2D eigenvalue weighted by atomic mass is 9.92. The molecule has 0 saturated carbocycles. The molecule has 2 aromatic carbocycles. The van der Waals surface area contributed by atoms with E-state index in [1.807, 2.05) is 24.3 Å². The van der Waals surface area contributed by atoms with Crippen LogP contribution in [0.4, 0.5) is 24.5 Å². The maximum atomic E-state index is 12.8. The number of rotatable bonds is 4. The lowest BCUT2D eigenvalue weighted by molar-refractivity contribution is -0.137. The van der Waals surface area contributed by atoms with E-state index in [0.29, 0.717) is 19.6 Å². The van der Waals surface area contributed by atoms with Gasteiger partial charge in [0.25, 0.3) is 0 Å². The van der Waals surface area contributed by atoms with Crippen LogP contribution in [0.5, 0.6) is 0 Å². The molecule has 1 atom stereocenters. The number of hydrogen-bond acceptors (Lipinski definition) is 3. The lowest BCUT2D eigenvalue weighted by Gasteiger charge is -2.36. The van der Waals surface area contributed by atoms with E-state index in [1.165, 1.54) is 12.1 Å². The number of anilines is 2. The fraction of sp³-hybridized carbons (Fsp3) is 0.316. The molecule has 0 saturated heterocycles. The van der Waals surface area contributed by atoms with Crippen molar-refractivity contribution in [1.82, 2.24) is 5.32 Å². The lowest BCUT2D eigenvalue weighted by Crippen LogP contribution is -2.37. The van der Waals surface area contributed by atoms with Crippen molar-refractivity contribution in [3.63, 3.8) is 0 Å². The molecule has 3 rings (SSSR count). The van der Waals surface area contributed by atoms with Crippen LogP contribution in [0.15, 0.2) is 48.5 Å². The van der Waals surface area contributed by atoms with Crippen LogP contribution in [-0.2, 0) is 12.6 Å². The third-order valence-corrected chi connectivity index (χ3v) is 4.38. The molecule has 0 aromatic heterocycles. The van der Waals surface area contributed by atoms with Gasteiger partial charge in [0.1, 0.15) is 0 Å². The van der Waals surface area contributed by atoms with E-state index in [0.717, 1.165) is 35.5 Å². The van der Waals surface area contributed by atoms with Crippen LogP contribution >= 0.6 is 0 Å². The maximum absolute atomic E-state index is 12.8. The molecular weight excluding hydrogens is 327 g/mol. The zero-order valence-electron chi connectivity index (χ0n) is 13.6. The van der Waals surface area contributed by atoms with Crippen LogP contribution in [0.1, 0.15) is 11.1 Å². The molecule has 25 heavy (non-hydrogen) atoms. The molecule has 130 valence electrons. The van der Waals surface area contributed by atoms with Crippen molar-refractivity contribution in [3.05, 3.63) is 59.7 Å². The third-order valence-electron chi connectivity index (χ3n) is 4.38. The van der Waals surface area contributed by atoms with Crippen molar-refractivity contribution in [2.75, 3.05) is 24.5 Å². The van der Waals surface area contributed by atoms with Crippen LogP contribution in [0.3, 0.4) is 0 Å². The molecule has 1 unspecified atom stereocenters. The first-order chi connectivity index (χ1) is 12.0. The SMILES string of the molecule is N#CCNCC1Cc2ccccc2N(c2ccc(C(F)(F)F)cc2)C1. The van der Waals surface area contributed by atoms with Gasteiger partial charge in [0.2, 0.25) is 0 Å². The van der Waals surface area contributed by atoms with Crippen molar-refractivity contribution in [2.24, 2.45) is 5.92 Å². The normalized spacial score (nSPS) is 17.0. The zero-order chi connectivity index (χ0) is 17.9. The topological polar surface area (TPSA) is 39.1 Å². The Bertz CT molecular complexity index is 763. The predicted molar refractivity (Wildman–Crippen MR) is 90.6 cm³/mol. The standard InChI is InChI=1S/C19H18F3N3/c20-19(21,22)16-5-7-17(8-6-16)25-13-14(12-24-10-9-23)11-15-3-1-2-4-18(15)25/h1-8,14,24H,10-13H2. The molecule has 1 N–H and O–H groups in total. The molecule has 0 fully saturated rings. The predicted octanol–water partition coefficient (Wildman–Crippen LogP) is 4.13. The minimum atomic E-state index is -4.33. The molecule has 0 amide bonds. The van der Waals surface area contributed by atoms with Crippen molar-refractivity contribution < 1.29 is 13.2 Å². The Balaban J connectivity index is 1.87. The van der Waals surface area contributed by atoms with Crippen molar-refractivity contribution in [3.8, 4) is 6.07 Å². The summed E-state index contributed by atoms with van der Waals surface area (Å²) < 4.78 is 38.4. The second-order valence-electron chi connectivity index (χ2n) is 6.14. The highest BCUT2D eigenvalue weighted by Gasteiger charge is 2.31. The minimum absolute atomic E-state index is 0.283. The van der Waals surface area contributed by atoms with Crippen molar-refractivity contribution in [1.29, 1.82) is 5.26 Å². The molecule has 1 aliphatic heterocycles. The van der Waals surface area contributed by atoms with Crippen molar-refractivity contribution in [2.45, 2.75) is 12.6 Å². The van der Waals surface area contributed by atoms with Crippen molar-refractivity contribution >= 4 is 11.4 Å². The molecule has 3 nitrogen and oxygen atoms in total. The van der Waals surface area contributed by atoms with Crippen LogP contribution in [-0.4, -0.2) is 19.6 Å². The van der Waals surface area contributed by atoms with Gasteiger partial charge in [-0.2, -0.15) is 18.4 Å². The van der Waals surface area contributed by atoms with Crippen LogP contribution in [0.25, 0.3) is 0 Å². The summed E-state index contributed by atoms with van der Waals surface area (Å²) in [6.07, 6.45) is -3.45. The Morgan fingerprint density at radius 1 is 1.12 bits per heavy atom. The molecule has 1 heterocycles. The summed E-state index contributed by atoms with van der Waals surface area (Å²) >= 11 is 0. The van der Waals surface area contributed by atoms with E-state index in [-0.39, 0.29) is 5.92 Å². The number of fused-ring (bicyclic) bond motifs is 1. The largest absolute Gasteiger partial charge is 0.416 e. The summed E-state index contributed by atoms with van der Waals surface area (Å²) in [5.74, 6) is 0.283. The average molecular weight is 345 g/mol. The van der Waals surface area contributed by atoms with Gasteiger partial charge in [-0.15, -0.1) is 0 Å². The van der Waals surface area contributed by atoms with Gasteiger partial charge in [-0.1, -0.05) is 18.2 Å². The number of nitriles is 1. The van der Waals surface area contributed by atoms with E-state index in [1.54, 1.807) is 0 Å². The molecule has 0 bridgehead atoms. The second kappa shape index (κ2) is 7.16. The first kappa shape index (κ1) is 17.3. The summed E-state index contributed by atoms with van der Waals surface area (Å²) in [6, 6.07) is 15.3. The fourth-order valence-corrected chi connectivity index (χ4v) is 3.22. The Hall–Kier alpha value is -2.52. The third kappa shape index (κ3) is 3.94. The number of halogens is 3. The van der Waals surface area contributed by atoms with E-state index in [4.69, 9.17) is 5.26 Å². The number of nitrogens with one attached hydrogen (secondary N) is 1. The number of benzene rings is 2. The second-order valence-corrected chi connectivity index (χ2v) is 6.14. The molecule has 0 aliphatic carbocycles. The summed E-state index contributed by atoms with van der Waals surface area (Å²) in [4.78, 5) is 2.05. The molecule has 0 spiro atoms. The summed E-state index contributed by atoms with van der Waals surface area (Å²) in [5.41, 5.74) is 2.29. The number of hydrogen-bond donors (Lipinski definition) is 1. The Labute approximate surface area is 144 Å². The highest BCUT2D eigenvalue weighted by atomic mass is 19.4. The Morgan fingerprint density at radius 2 is 1.84 bits per heavy atom. The maximum Gasteiger partial charge on any atom is 0.416 e. The zero-order valence-corrected chi connectivity index (χ0v) is 13.6. The first-order valence-electron chi connectivity index (χ1n) is 8.09. The summed E-state index contributed by atoms with van der Waals surface area (Å²) in [5, 5.41) is 11.8. The van der Waals surface area contributed by atoms with Gasteiger partial charge in [-0.3, -0.25) is 0 Å². The highest BCUT2D eigenvalue weighted by molar-refractivity contribution is 5.68. The monoisotopic (exact) mass is 345 g/mol. The van der Waals surface area contributed by atoms with E-state index >= 15 is 0 Å².